The summed E-state index contributed by atoms with van der Waals surface area (Å²) in [4.78, 5) is 10.0. The van der Waals surface area contributed by atoms with Crippen LogP contribution in [0.15, 0.2) is 30.3 Å². The van der Waals surface area contributed by atoms with E-state index in [2.05, 4.69) is 4.74 Å². The highest BCUT2D eigenvalue weighted by Gasteiger charge is 2.13. The van der Waals surface area contributed by atoms with Crippen molar-refractivity contribution in [1.82, 2.24) is 0 Å². The van der Waals surface area contributed by atoms with Gasteiger partial charge in [0.1, 0.15) is 5.75 Å². The van der Waals surface area contributed by atoms with Gasteiger partial charge in [-0.2, -0.15) is 0 Å². The topological polar surface area (TPSA) is 35.5 Å². The summed E-state index contributed by atoms with van der Waals surface area (Å²) in [6.07, 6.45) is 2.97. The molecule has 0 amide bonds. The molecule has 1 aliphatic rings. The second-order valence-electron chi connectivity index (χ2n) is 2.62. The molecule has 3 nitrogen and oxygen atoms in total. The maximum Gasteiger partial charge on any atom is 0.296 e. The maximum absolute atomic E-state index is 10.0. The monoisotopic (exact) mass is 176 g/mol. The highest BCUT2D eigenvalue weighted by atomic mass is 16.7. The number of carbonyl (C=O) groups is 1. The zero-order chi connectivity index (χ0) is 9.10. The molecule has 0 aliphatic carbocycles. The maximum atomic E-state index is 10.0. The molecule has 1 unspecified atom stereocenters. The second kappa shape index (κ2) is 3.31. The average molecular weight is 176 g/mol. The fourth-order valence-corrected chi connectivity index (χ4v) is 1.20. The van der Waals surface area contributed by atoms with Gasteiger partial charge in [0.2, 0.25) is 0 Å². The Bertz CT molecular complexity index is 344. The molecule has 0 saturated heterocycles. The van der Waals surface area contributed by atoms with Crippen molar-refractivity contribution in [3.63, 3.8) is 0 Å². The molecule has 3 heteroatoms. The van der Waals surface area contributed by atoms with E-state index in [4.69, 9.17) is 4.74 Å². The van der Waals surface area contributed by atoms with E-state index < -0.39 is 6.29 Å². The molecular weight excluding hydrogens is 168 g/mol. The standard InChI is InChI=1S/C10H8O3/c11-7-12-10-6-5-8-3-1-2-4-9(8)13-10/h1-7,10H. The van der Waals surface area contributed by atoms with Crippen molar-refractivity contribution in [2.75, 3.05) is 0 Å². The lowest BCUT2D eigenvalue weighted by molar-refractivity contribution is -0.141. The van der Waals surface area contributed by atoms with E-state index >= 15 is 0 Å². The normalized spacial score (nSPS) is 18.6. The highest BCUT2D eigenvalue weighted by molar-refractivity contribution is 5.59. The van der Waals surface area contributed by atoms with Gasteiger partial charge in [0.25, 0.3) is 12.8 Å². The minimum absolute atomic E-state index is 0.378. The van der Waals surface area contributed by atoms with Gasteiger partial charge in [0, 0.05) is 5.56 Å². The van der Waals surface area contributed by atoms with Crippen molar-refractivity contribution >= 4 is 12.5 Å². The number of para-hydroxylation sites is 1. The molecule has 13 heavy (non-hydrogen) atoms. The molecule has 0 aromatic heterocycles. The average Bonchev–Trinajstić information content (AvgIpc) is 2.18. The van der Waals surface area contributed by atoms with Gasteiger partial charge in [-0.1, -0.05) is 18.2 Å². The van der Waals surface area contributed by atoms with Crippen LogP contribution < -0.4 is 4.74 Å². The Balaban J connectivity index is 2.23. The van der Waals surface area contributed by atoms with Crippen LogP contribution in [0.25, 0.3) is 6.08 Å². The number of hydrogen-bond donors (Lipinski definition) is 0. The molecule has 66 valence electrons. The Hall–Kier alpha value is -1.77. The Kier molecular flexibility index (Phi) is 2.00. The van der Waals surface area contributed by atoms with Crippen LogP contribution in [0.3, 0.4) is 0 Å². The molecular formula is C10H8O3. The molecule has 0 radical (unpaired) electrons. The summed E-state index contributed by atoms with van der Waals surface area (Å²) in [6.45, 7) is 0.378. The summed E-state index contributed by atoms with van der Waals surface area (Å²) < 4.78 is 9.98. The third-order valence-corrected chi connectivity index (χ3v) is 1.78. The molecule has 0 N–H and O–H groups in total. The molecule has 2 rings (SSSR count). The van der Waals surface area contributed by atoms with Crippen molar-refractivity contribution in [2.45, 2.75) is 6.29 Å². The quantitative estimate of drug-likeness (QED) is 0.642. The third-order valence-electron chi connectivity index (χ3n) is 1.78. The van der Waals surface area contributed by atoms with Gasteiger partial charge < -0.3 is 9.47 Å². The zero-order valence-electron chi connectivity index (χ0n) is 6.84. The van der Waals surface area contributed by atoms with Gasteiger partial charge in [-0.3, -0.25) is 4.79 Å². The smallest absolute Gasteiger partial charge is 0.296 e. The summed E-state index contributed by atoms with van der Waals surface area (Å²) >= 11 is 0. The van der Waals surface area contributed by atoms with Crippen LogP contribution in [-0.2, 0) is 9.53 Å². The van der Waals surface area contributed by atoms with Gasteiger partial charge in [-0.05, 0) is 18.2 Å². The van der Waals surface area contributed by atoms with Crippen molar-refractivity contribution in [3.8, 4) is 5.75 Å². The van der Waals surface area contributed by atoms with Crippen LogP contribution in [0.5, 0.6) is 5.75 Å². The number of hydrogen-bond acceptors (Lipinski definition) is 3. The third kappa shape index (κ3) is 1.54. The lowest BCUT2D eigenvalue weighted by Gasteiger charge is -2.18. The van der Waals surface area contributed by atoms with E-state index in [0.29, 0.717) is 6.47 Å². The number of benzene rings is 1. The van der Waals surface area contributed by atoms with E-state index in [0.717, 1.165) is 11.3 Å². The second-order valence-corrected chi connectivity index (χ2v) is 2.62. The highest BCUT2D eigenvalue weighted by Crippen LogP contribution is 2.25. The van der Waals surface area contributed by atoms with E-state index in [1.165, 1.54) is 0 Å². The van der Waals surface area contributed by atoms with E-state index in [1.54, 1.807) is 6.08 Å². The fourth-order valence-electron chi connectivity index (χ4n) is 1.20. The number of ether oxygens (including phenoxy) is 2. The number of rotatable bonds is 2. The van der Waals surface area contributed by atoms with Gasteiger partial charge >= 0.3 is 0 Å². The minimum atomic E-state index is -0.590. The van der Waals surface area contributed by atoms with Gasteiger partial charge in [-0.25, -0.2) is 0 Å². The lowest BCUT2D eigenvalue weighted by Crippen LogP contribution is -2.19. The first kappa shape index (κ1) is 7.86. The molecule has 0 fully saturated rings. The van der Waals surface area contributed by atoms with E-state index in [-0.39, 0.29) is 0 Å². The van der Waals surface area contributed by atoms with Crippen molar-refractivity contribution in [2.24, 2.45) is 0 Å². The van der Waals surface area contributed by atoms with Crippen LogP contribution in [0, 0.1) is 0 Å². The number of fused-ring (bicyclic) bond motifs is 1. The van der Waals surface area contributed by atoms with Crippen LogP contribution in [0.1, 0.15) is 5.56 Å². The summed E-state index contributed by atoms with van der Waals surface area (Å²) in [5, 5.41) is 0. The minimum Gasteiger partial charge on any atom is -0.450 e. The molecule has 0 bridgehead atoms. The molecule has 1 heterocycles. The summed E-state index contributed by atoms with van der Waals surface area (Å²) in [6, 6.07) is 7.56. The molecule has 1 aromatic carbocycles. The SMILES string of the molecule is O=COC1C=Cc2ccccc2O1. The van der Waals surface area contributed by atoms with E-state index in [9.17, 15) is 4.79 Å². The Morgan fingerprint density at radius 2 is 2.23 bits per heavy atom. The largest absolute Gasteiger partial charge is 0.450 e. The van der Waals surface area contributed by atoms with Gasteiger partial charge in [-0.15, -0.1) is 0 Å². The molecule has 0 spiro atoms. The first-order valence-electron chi connectivity index (χ1n) is 3.93. The van der Waals surface area contributed by atoms with Crippen LogP contribution >= 0.6 is 0 Å². The van der Waals surface area contributed by atoms with Gasteiger partial charge in [0.15, 0.2) is 0 Å². The predicted molar refractivity (Wildman–Crippen MR) is 47.0 cm³/mol. The van der Waals surface area contributed by atoms with Crippen molar-refractivity contribution < 1.29 is 14.3 Å². The summed E-state index contributed by atoms with van der Waals surface area (Å²) in [5.41, 5.74) is 0.994. The summed E-state index contributed by atoms with van der Waals surface area (Å²) in [5.74, 6) is 0.733. The molecule has 1 atom stereocenters. The van der Waals surface area contributed by atoms with E-state index in [1.807, 2.05) is 30.3 Å². The molecule has 1 aliphatic heterocycles. The summed E-state index contributed by atoms with van der Waals surface area (Å²) in [7, 11) is 0. The first-order chi connectivity index (χ1) is 6.40. The predicted octanol–water partition coefficient (Wildman–Crippen LogP) is 1.59. The first-order valence-corrected chi connectivity index (χ1v) is 3.93. The Morgan fingerprint density at radius 1 is 1.38 bits per heavy atom. The Labute approximate surface area is 75.6 Å². The molecule has 0 saturated carbocycles. The number of carbonyl (C=O) groups excluding carboxylic acids is 1. The van der Waals surface area contributed by atoms with Crippen LogP contribution in [0.4, 0.5) is 0 Å². The van der Waals surface area contributed by atoms with Crippen molar-refractivity contribution in [1.29, 1.82) is 0 Å². The molecule has 1 aromatic rings. The fraction of sp³-hybridized carbons (Fsp3) is 0.100. The van der Waals surface area contributed by atoms with Crippen molar-refractivity contribution in [3.05, 3.63) is 35.9 Å². The van der Waals surface area contributed by atoms with Crippen LogP contribution in [0.2, 0.25) is 0 Å². The lowest BCUT2D eigenvalue weighted by atomic mass is 10.1. The Morgan fingerprint density at radius 3 is 3.08 bits per heavy atom. The van der Waals surface area contributed by atoms with Crippen LogP contribution in [-0.4, -0.2) is 12.8 Å². The van der Waals surface area contributed by atoms with Gasteiger partial charge in [0.05, 0.1) is 0 Å². The zero-order valence-corrected chi connectivity index (χ0v) is 6.84.